The third-order valence-corrected chi connectivity index (χ3v) is 9.79. The summed E-state index contributed by atoms with van der Waals surface area (Å²) in [7, 11) is 0. The molecule has 0 N–H and O–H groups in total. The predicted octanol–water partition coefficient (Wildman–Crippen LogP) is 8.73. The molecule has 0 spiro atoms. The number of benzene rings is 3. The minimum Gasteiger partial charge on any atom is -0.301 e. The van der Waals surface area contributed by atoms with Gasteiger partial charge in [0.25, 0.3) is 0 Å². The summed E-state index contributed by atoms with van der Waals surface area (Å²) in [6.07, 6.45) is 6.82. The van der Waals surface area contributed by atoms with Crippen LogP contribution in [0.1, 0.15) is 64.2 Å². The Morgan fingerprint density at radius 2 is 1.50 bits per heavy atom. The van der Waals surface area contributed by atoms with E-state index in [2.05, 4.69) is 118 Å². The van der Waals surface area contributed by atoms with E-state index in [-0.39, 0.29) is 17.0 Å². The van der Waals surface area contributed by atoms with Crippen LogP contribution in [0.4, 0.5) is 23.0 Å². The van der Waals surface area contributed by atoms with Crippen LogP contribution in [0.25, 0.3) is 11.1 Å². The second-order valence-corrected chi connectivity index (χ2v) is 11.3. The van der Waals surface area contributed by atoms with Crippen LogP contribution in [0.2, 0.25) is 0 Å². The number of aryl methyl sites for hydroxylation is 2. The fraction of sp³-hybridized carbons (Fsp3) is 0.353. The largest absolute Gasteiger partial charge is 0.301 e. The van der Waals surface area contributed by atoms with Crippen LogP contribution in [0.15, 0.2) is 79.1 Å². The molecule has 0 saturated heterocycles. The molecule has 3 unspecified atom stereocenters. The molecule has 0 bridgehead atoms. The van der Waals surface area contributed by atoms with Gasteiger partial charge >= 0.3 is 0 Å². The Balaban J connectivity index is 1.67. The van der Waals surface area contributed by atoms with Crippen LogP contribution in [0, 0.1) is 12.3 Å². The van der Waals surface area contributed by atoms with E-state index in [0.717, 1.165) is 36.6 Å². The summed E-state index contributed by atoms with van der Waals surface area (Å²) in [5, 5.41) is 0. The van der Waals surface area contributed by atoms with E-state index in [1.807, 2.05) is 12.4 Å². The number of anilines is 4. The molecular weight excluding hydrogens is 464 g/mol. The molecule has 3 atom stereocenters. The van der Waals surface area contributed by atoms with Gasteiger partial charge in [-0.25, -0.2) is 9.97 Å². The molecule has 3 heterocycles. The van der Waals surface area contributed by atoms with Crippen LogP contribution < -0.4 is 9.80 Å². The van der Waals surface area contributed by atoms with Crippen molar-refractivity contribution in [3.63, 3.8) is 0 Å². The summed E-state index contributed by atoms with van der Waals surface area (Å²) in [4.78, 5) is 14.8. The van der Waals surface area contributed by atoms with Gasteiger partial charge in [-0.1, -0.05) is 83.1 Å². The smallest absolute Gasteiger partial charge is 0.178 e. The van der Waals surface area contributed by atoms with Crippen molar-refractivity contribution in [1.29, 1.82) is 0 Å². The zero-order chi connectivity index (χ0) is 26.7. The van der Waals surface area contributed by atoms with Crippen molar-refractivity contribution in [2.75, 3.05) is 9.80 Å². The van der Waals surface area contributed by atoms with Gasteiger partial charge in [0.15, 0.2) is 11.6 Å². The fourth-order valence-electron chi connectivity index (χ4n) is 7.23. The first-order chi connectivity index (χ1) is 18.4. The van der Waals surface area contributed by atoms with Gasteiger partial charge in [-0.2, -0.15) is 0 Å². The first kappa shape index (κ1) is 24.7. The number of rotatable bonds is 5. The van der Waals surface area contributed by atoms with Gasteiger partial charge in [0.2, 0.25) is 0 Å². The lowest BCUT2D eigenvalue weighted by Crippen LogP contribution is -2.62. The van der Waals surface area contributed by atoms with Crippen molar-refractivity contribution in [3.05, 3.63) is 95.8 Å². The molecule has 38 heavy (non-hydrogen) atoms. The van der Waals surface area contributed by atoms with E-state index in [4.69, 9.17) is 9.97 Å². The van der Waals surface area contributed by atoms with Crippen molar-refractivity contribution in [2.24, 2.45) is 5.41 Å². The fourth-order valence-corrected chi connectivity index (χ4v) is 7.23. The third-order valence-electron chi connectivity index (χ3n) is 9.79. The molecule has 194 valence electrons. The van der Waals surface area contributed by atoms with Crippen LogP contribution in [0.3, 0.4) is 0 Å². The number of hydrogen-bond acceptors (Lipinski definition) is 4. The standard InChI is InChI=1S/C34H38N4/c1-7-24-15-13-14-23(4)29(24)25-18-19-27-28(22-25)38-31-30(35-20-21-36-31)37(26-16-11-10-12-17-26)32(38)34(6,9-3)33(27,5)8-2/h10-22,32H,7-9H2,1-6H3. The molecule has 4 heteroatoms. The molecule has 4 nitrogen and oxygen atoms in total. The molecule has 6 rings (SSSR count). The van der Waals surface area contributed by atoms with Crippen LogP contribution in [-0.4, -0.2) is 16.1 Å². The minimum absolute atomic E-state index is 0.0365. The van der Waals surface area contributed by atoms with Crippen LogP contribution in [0.5, 0.6) is 0 Å². The Kier molecular flexibility index (Phi) is 5.82. The summed E-state index contributed by atoms with van der Waals surface area (Å²) in [5.74, 6) is 1.88. The summed E-state index contributed by atoms with van der Waals surface area (Å²) < 4.78 is 0. The summed E-state index contributed by atoms with van der Waals surface area (Å²) >= 11 is 0. The molecule has 0 aliphatic carbocycles. The minimum atomic E-state index is -0.0638. The van der Waals surface area contributed by atoms with Gasteiger partial charge in [0.05, 0.1) is 0 Å². The van der Waals surface area contributed by atoms with E-state index in [9.17, 15) is 0 Å². The van der Waals surface area contributed by atoms with Gasteiger partial charge in [0.1, 0.15) is 6.17 Å². The van der Waals surface area contributed by atoms with Gasteiger partial charge in [-0.3, -0.25) is 0 Å². The number of fused-ring (bicyclic) bond motifs is 5. The zero-order valence-electron chi connectivity index (χ0n) is 23.5. The van der Waals surface area contributed by atoms with Crippen LogP contribution >= 0.6 is 0 Å². The Hall–Kier alpha value is -3.66. The zero-order valence-corrected chi connectivity index (χ0v) is 23.5. The number of hydrogen-bond donors (Lipinski definition) is 0. The van der Waals surface area contributed by atoms with Crippen molar-refractivity contribution in [2.45, 2.75) is 72.4 Å². The topological polar surface area (TPSA) is 32.3 Å². The van der Waals surface area contributed by atoms with E-state index in [1.54, 1.807) is 0 Å². The molecule has 0 fully saturated rings. The third kappa shape index (κ3) is 3.22. The predicted molar refractivity (Wildman–Crippen MR) is 159 cm³/mol. The maximum atomic E-state index is 4.97. The highest BCUT2D eigenvalue weighted by atomic mass is 15.5. The normalized spacial score (nSPS) is 23.7. The highest BCUT2D eigenvalue weighted by molar-refractivity contribution is 5.88. The van der Waals surface area contributed by atoms with Gasteiger partial charge < -0.3 is 9.80 Å². The molecule has 0 radical (unpaired) electrons. The monoisotopic (exact) mass is 502 g/mol. The summed E-state index contributed by atoms with van der Waals surface area (Å²) in [5.41, 5.74) is 9.07. The summed E-state index contributed by atoms with van der Waals surface area (Å²) in [6, 6.07) is 24.6. The number of aromatic nitrogens is 2. The highest BCUT2D eigenvalue weighted by Crippen LogP contribution is 2.63. The second kappa shape index (κ2) is 8.97. The maximum Gasteiger partial charge on any atom is 0.178 e. The number of nitrogens with zero attached hydrogens (tertiary/aromatic N) is 4. The molecule has 3 aromatic carbocycles. The van der Waals surface area contributed by atoms with Crippen molar-refractivity contribution in [3.8, 4) is 11.1 Å². The second-order valence-electron chi connectivity index (χ2n) is 11.3. The SMILES string of the molecule is CCc1cccc(C)c1-c1ccc2c(c1)N1c3nccnc3N(c3ccccc3)C1C(C)(CC)C2(C)CC. The molecule has 0 amide bonds. The maximum absolute atomic E-state index is 4.97. The highest BCUT2D eigenvalue weighted by Gasteiger charge is 2.61. The molecule has 4 aromatic rings. The Labute approximate surface area is 227 Å². The molecule has 1 aromatic heterocycles. The Bertz CT molecular complexity index is 1500. The van der Waals surface area contributed by atoms with E-state index < -0.39 is 0 Å². The Morgan fingerprint density at radius 1 is 0.789 bits per heavy atom. The first-order valence-electron chi connectivity index (χ1n) is 14.1. The molecule has 2 aliphatic rings. The van der Waals surface area contributed by atoms with Gasteiger partial charge in [-0.15, -0.1) is 0 Å². The average Bonchev–Trinajstić information content (AvgIpc) is 3.32. The van der Waals surface area contributed by atoms with E-state index in [0.29, 0.717) is 0 Å². The first-order valence-corrected chi connectivity index (χ1v) is 14.1. The van der Waals surface area contributed by atoms with Crippen LogP contribution in [-0.2, 0) is 11.8 Å². The van der Waals surface area contributed by atoms with Gasteiger partial charge in [0, 0.05) is 34.6 Å². The summed E-state index contributed by atoms with van der Waals surface area (Å²) in [6.45, 7) is 14.1. The molecule has 0 saturated carbocycles. The lowest BCUT2D eigenvalue weighted by molar-refractivity contribution is 0.0964. The number of para-hydroxylation sites is 1. The average molecular weight is 503 g/mol. The lowest BCUT2D eigenvalue weighted by atomic mass is 9.55. The lowest BCUT2D eigenvalue weighted by Gasteiger charge is -2.58. The van der Waals surface area contributed by atoms with Gasteiger partial charge in [-0.05, 0) is 72.2 Å². The molecular formula is C34H38N4. The van der Waals surface area contributed by atoms with E-state index in [1.165, 1.54) is 33.5 Å². The quantitative estimate of drug-likeness (QED) is 0.273. The molecule has 2 aliphatic heterocycles. The van der Waals surface area contributed by atoms with Crippen molar-refractivity contribution in [1.82, 2.24) is 9.97 Å². The van der Waals surface area contributed by atoms with E-state index >= 15 is 0 Å². The van der Waals surface area contributed by atoms with Crippen molar-refractivity contribution >= 4 is 23.0 Å². The van der Waals surface area contributed by atoms with Crippen molar-refractivity contribution < 1.29 is 0 Å². The Morgan fingerprint density at radius 3 is 2.16 bits per heavy atom.